The van der Waals surface area contributed by atoms with Crippen LogP contribution in [0, 0.1) is 17.8 Å². The van der Waals surface area contributed by atoms with Crippen LogP contribution in [0.5, 0.6) is 11.5 Å². The number of methoxy groups -OCH3 is 1. The third-order valence-electron chi connectivity index (χ3n) is 6.70. The molecule has 0 saturated carbocycles. The molecule has 4 atom stereocenters. The molecule has 0 saturated heterocycles. The number of nitrogens with one attached hydrogen (secondary N) is 1. The van der Waals surface area contributed by atoms with Crippen molar-refractivity contribution < 1.29 is 42.9 Å². The minimum atomic E-state index is -0.771. The molecule has 226 valence electrons. The Morgan fingerprint density at radius 3 is 1.93 bits per heavy atom. The summed E-state index contributed by atoms with van der Waals surface area (Å²) in [6, 6.07) is 4.06. The Morgan fingerprint density at radius 2 is 1.38 bits per heavy atom. The average Bonchev–Trinajstić information content (AvgIpc) is 2.93. The van der Waals surface area contributed by atoms with E-state index in [1.807, 2.05) is 41.5 Å². The Bertz CT molecular complexity index is 949. The molecule has 0 heterocycles. The fourth-order valence-electron chi connectivity index (χ4n) is 3.38. The molecule has 10 nitrogen and oxygen atoms in total. The Morgan fingerprint density at radius 1 is 0.800 bits per heavy atom. The summed E-state index contributed by atoms with van der Waals surface area (Å²) in [4.78, 5) is 49.2. The maximum Gasteiger partial charge on any atom is 0.508 e. The second kappa shape index (κ2) is 19.0. The van der Waals surface area contributed by atoms with Crippen LogP contribution in [0.3, 0.4) is 0 Å². The van der Waals surface area contributed by atoms with Crippen molar-refractivity contribution in [3.8, 4) is 11.5 Å². The predicted molar refractivity (Wildman–Crippen MR) is 150 cm³/mol. The van der Waals surface area contributed by atoms with E-state index in [0.29, 0.717) is 5.56 Å². The third kappa shape index (κ3) is 13.8. The first-order valence-corrected chi connectivity index (χ1v) is 14.2. The number of carbonyl (C=O) groups excluding carboxylic acids is 4. The molecule has 1 N–H and O–H groups in total. The molecule has 0 aliphatic heterocycles. The number of hydrogen-bond donors (Lipinski definition) is 1. The molecule has 0 amide bonds. The van der Waals surface area contributed by atoms with Crippen molar-refractivity contribution in [2.24, 2.45) is 17.8 Å². The van der Waals surface area contributed by atoms with Crippen molar-refractivity contribution in [3.05, 3.63) is 23.8 Å². The molecular weight excluding hydrogens is 518 g/mol. The van der Waals surface area contributed by atoms with Gasteiger partial charge in [-0.2, -0.15) is 0 Å². The summed E-state index contributed by atoms with van der Waals surface area (Å²) in [7, 11) is 1.28. The van der Waals surface area contributed by atoms with Gasteiger partial charge in [-0.05, 0) is 41.9 Å². The summed E-state index contributed by atoms with van der Waals surface area (Å²) in [5.74, 6) is -0.595. The number of esters is 3. The van der Waals surface area contributed by atoms with Gasteiger partial charge in [-0.25, -0.2) is 4.79 Å². The maximum absolute atomic E-state index is 12.6. The minimum absolute atomic E-state index is 0.00359. The third-order valence-corrected chi connectivity index (χ3v) is 6.70. The van der Waals surface area contributed by atoms with E-state index in [1.165, 1.54) is 7.11 Å². The minimum Gasteiger partial charge on any atom is -0.468 e. The van der Waals surface area contributed by atoms with Crippen molar-refractivity contribution in [3.63, 3.8) is 0 Å². The molecule has 0 aliphatic rings. The van der Waals surface area contributed by atoms with Crippen LogP contribution in [0.25, 0.3) is 0 Å². The van der Waals surface area contributed by atoms with E-state index in [0.717, 1.165) is 19.3 Å². The first-order chi connectivity index (χ1) is 19.0. The summed E-state index contributed by atoms with van der Waals surface area (Å²) in [5, 5.41) is 3.02. The number of hydrogen-bond acceptors (Lipinski definition) is 10. The zero-order chi connectivity index (χ0) is 30.1. The van der Waals surface area contributed by atoms with Gasteiger partial charge in [-0.1, -0.05) is 66.9 Å². The van der Waals surface area contributed by atoms with E-state index in [9.17, 15) is 19.2 Å². The Balaban J connectivity index is 2.95. The summed E-state index contributed by atoms with van der Waals surface area (Å²) in [5.41, 5.74) is 0.643. The average molecular weight is 566 g/mol. The predicted octanol–water partition coefficient (Wildman–Crippen LogP) is 5.24. The van der Waals surface area contributed by atoms with E-state index in [-0.39, 0.29) is 68.3 Å². The summed E-state index contributed by atoms with van der Waals surface area (Å²) in [6.45, 7) is 12.3. The normalized spacial score (nSPS) is 13.9. The molecule has 0 aliphatic carbocycles. The highest BCUT2D eigenvalue weighted by molar-refractivity contribution is 5.77. The van der Waals surface area contributed by atoms with E-state index in [4.69, 9.17) is 23.7 Å². The second-order valence-corrected chi connectivity index (χ2v) is 10.3. The fourth-order valence-corrected chi connectivity index (χ4v) is 3.38. The van der Waals surface area contributed by atoms with Crippen molar-refractivity contribution in [2.45, 2.75) is 86.1 Å². The fraction of sp³-hybridized carbons (Fsp3) is 0.667. The molecule has 0 bridgehead atoms. The lowest BCUT2D eigenvalue weighted by molar-refractivity contribution is -0.143. The first kappa shape index (κ1) is 34.9. The van der Waals surface area contributed by atoms with Crippen LogP contribution in [-0.2, 0) is 35.0 Å². The van der Waals surface area contributed by atoms with E-state index in [1.54, 1.807) is 18.2 Å². The maximum atomic E-state index is 12.6. The molecule has 1 aromatic rings. The lowest BCUT2D eigenvalue weighted by Crippen LogP contribution is -2.41. The van der Waals surface area contributed by atoms with Gasteiger partial charge in [0, 0.05) is 19.4 Å². The van der Waals surface area contributed by atoms with Gasteiger partial charge in [0.2, 0.25) is 0 Å². The molecule has 0 fully saturated rings. The molecule has 0 spiro atoms. The van der Waals surface area contributed by atoms with E-state index >= 15 is 0 Å². The Hall–Kier alpha value is -3.14. The van der Waals surface area contributed by atoms with Gasteiger partial charge in [-0.3, -0.25) is 14.4 Å². The van der Waals surface area contributed by atoms with Crippen LogP contribution >= 0.6 is 0 Å². The highest BCUT2D eigenvalue weighted by Crippen LogP contribution is 2.31. The lowest BCUT2D eigenvalue weighted by atomic mass is 10.0. The second-order valence-electron chi connectivity index (χ2n) is 10.3. The highest BCUT2D eigenvalue weighted by atomic mass is 16.7. The van der Waals surface area contributed by atoms with Crippen LogP contribution in [0.1, 0.15) is 79.2 Å². The molecule has 10 heteroatoms. The van der Waals surface area contributed by atoms with Gasteiger partial charge < -0.3 is 29.0 Å². The standard InChI is InChI=1S/C30H47NO9/c1-8-20(4)15-27(32)39-25-12-11-23(18-26(25)40-28(33)16-21(5)9-2)17-24(29(34)36-7)31-13-14-37-30(35)38-19-22(6)10-3/h11-12,18,20-22,24,31H,8-10,13-17,19H2,1-7H3/t20?,21?,22?,24-/m0/s1. The lowest BCUT2D eigenvalue weighted by Gasteiger charge is -2.18. The number of ether oxygens (including phenoxy) is 5. The smallest absolute Gasteiger partial charge is 0.468 e. The number of carbonyl (C=O) groups is 4. The van der Waals surface area contributed by atoms with Crippen molar-refractivity contribution in [1.82, 2.24) is 5.32 Å². The quantitative estimate of drug-likeness (QED) is 0.143. The van der Waals surface area contributed by atoms with Crippen molar-refractivity contribution in [1.29, 1.82) is 0 Å². The van der Waals surface area contributed by atoms with Crippen molar-refractivity contribution in [2.75, 3.05) is 26.9 Å². The molecule has 40 heavy (non-hydrogen) atoms. The zero-order valence-electron chi connectivity index (χ0n) is 25.1. The topological polar surface area (TPSA) is 126 Å². The molecule has 3 unspecified atom stereocenters. The van der Waals surface area contributed by atoms with E-state index in [2.05, 4.69) is 5.32 Å². The van der Waals surface area contributed by atoms with Crippen LogP contribution in [0.4, 0.5) is 4.79 Å². The van der Waals surface area contributed by atoms with Gasteiger partial charge in [-0.15, -0.1) is 0 Å². The van der Waals surface area contributed by atoms with Crippen LogP contribution in [0.15, 0.2) is 18.2 Å². The van der Waals surface area contributed by atoms with Gasteiger partial charge >= 0.3 is 24.1 Å². The monoisotopic (exact) mass is 565 g/mol. The summed E-state index contributed by atoms with van der Waals surface area (Å²) in [6.07, 6.45) is 2.40. The van der Waals surface area contributed by atoms with Crippen molar-refractivity contribution >= 4 is 24.1 Å². The molecular formula is C30H47NO9. The first-order valence-electron chi connectivity index (χ1n) is 14.2. The van der Waals surface area contributed by atoms with Gasteiger partial charge in [0.15, 0.2) is 11.5 Å². The Kier molecular flexibility index (Phi) is 16.6. The van der Waals surface area contributed by atoms with Crippen LogP contribution in [0.2, 0.25) is 0 Å². The Labute approximate surface area is 238 Å². The largest absolute Gasteiger partial charge is 0.508 e. The van der Waals surface area contributed by atoms with E-state index < -0.39 is 30.1 Å². The zero-order valence-corrected chi connectivity index (χ0v) is 25.1. The molecule has 1 aromatic carbocycles. The number of benzene rings is 1. The van der Waals surface area contributed by atoms with Crippen LogP contribution in [-0.4, -0.2) is 57.0 Å². The summed E-state index contributed by atoms with van der Waals surface area (Å²) >= 11 is 0. The van der Waals surface area contributed by atoms with Gasteiger partial charge in [0.25, 0.3) is 0 Å². The van der Waals surface area contributed by atoms with Gasteiger partial charge in [0.1, 0.15) is 12.6 Å². The highest BCUT2D eigenvalue weighted by Gasteiger charge is 2.22. The SMILES string of the molecule is CCC(C)COC(=O)OCCN[C@@H](Cc1ccc(OC(=O)CC(C)CC)c(OC(=O)CC(C)CC)c1)C(=O)OC. The molecule has 1 rings (SSSR count). The van der Waals surface area contributed by atoms with Gasteiger partial charge in [0.05, 0.1) is 13.7 Å². The summed E-state index contributed by atoms with van der Waals surface area (Å²) < 4.78 is 26.2. The molecule has 0 aromatic heterocycles. The molecule has 0 radical (unpaired) electrons. The number of rotatable bonds is 18. The van der Waals surface area contributed by atoms with Crippen LogP contribution < -0.4 is 14.8 Å².